The molecule has 1 saturated carbocycles. The van der Waals surface area contributed by atoms with E-state index in [1.807, 2.05) is 11.8 Å². The molecule has 1 atom stereocenters. The zero-order valence-corrected chi connectivity index (χ0v) is 13.1. The zero-order chi connectivity index (χ0) is 14.6. The van der Waals surface area contributed by atoms with E-state index in [9.17, 15) is 4.79 Å². The Balaban J connectivity index is 2.04. The minimum atomic E-state index is -0.724. The van der Waals surface area contributed by atoms with Gasteiger partial charge in [-0.05, 0) is 26.2 Å². The van der Waals surface area contributed by atoms with Gasteiger partial charge in [0.15, 0.2) is 0 Å². The number of hydrogen-bond acceptors (Lipinski definition) is 3. The molecule has 20 heavy (non-hydrogen) atoms. The lowest BCUT2D eigenvalue weighted by molar-refractivity contribution is -0.157. The first kappa shape index (κ1) is 15.8. The van der Waals surface area contributed by atoms with Crippen molar-refractivity contribution >= 4 is 5.91 Å². The number of nitrogens with two attached hydrogens (primary N) is 1. The number of nitrogens with zero attached hydrogens (tertiary/aromatic N) is 1. The van der Waals surface area contributed by atoms with Gasteiger partial charge in [-0.1, -0.05) is 39.0 Å². The number of hydrogen-bond donors (Lipinski definition) is 1. The number of ether oxygens (including phenoxy) is 1. The van der Waals surface area contributed by atoms with Crippen LogP contribution < -0.4 is 5.73 Å². The fraction of sp³-hybridized carbons (Fsp3) is 0.938. The normalized spacial score (nSPS) is 26.1. The second-order valence-electron chi connectivity index (χ2n) is 6.84. The summed E-state index contributed by atoms with van der Waals surface area (Å²) in [5.74, 6) is 0.103. The second-order valence-corrected chi connectivity index (χ2v) is 6.84. The van der Waals surface area contributed by atoms with Crippen LogP contribution in [0.5, 0.6) is 0 Å². The summed E-state index contributed by atoms with van der Waals surface area (Å²) in [5.41, 5.74) is 5.40. The molecule has 0 aromatic carbocycles. The van der Waals surface area contributed by atoms with Gasteiger partial charge in [0.05, 0.1) is 17.7 Å². The predicted molar refractivity (Wildman–Crippen MR) is 80.5 cm³/mol. The number of carbonyl (C=O) groups excluding carboxylic acids is 1. The van der Waals surface area contributed by atoms with Crippen molar-refractivity contribution in [1.82, 2.24) is 4.90 Å². The molecule has 0 radical (unpaired) electrons. The van der Waals surface area contributed by atoms with Gasteiger partial charge in [0.2, 0.25) is 5.91 Å². The van der Waals surface area contributed by atoms with Crippen molar-refractivity contribution in [2.75, 3.05) is 19.7 Å². The molecule has 0 aromatic rings. The van der Waals surface area contributed by atoms with Crippen molar-refractivity contribution in [1.29, 1.82) is 0 Å². The predicted octanol–water partition coefficient (Wildman–Crippen LogP) is 2.46. The quantitative estimate of drug-likeness (QED) is 0.865. The van der Waals surface area contributed by atoms with Crippen LogP contribution in [0, 0.1) is 0 Å². The minimum Gasteiger partial charge on any atom is -0.371 e. The van der Waals surface area contributed by atoms with Crippen LogP contribution in [0.3, 0.4) is 0 Å². The monoisotopic (exact) mass is 282 g/mol. The van der Waals surface area contributed by atoms with Gasteiger partial charge in [0.1, 0.15) is 0 Å². The van der Waals surface area contributed by atoms with Crippen molar-refractivity contribution in [3.63, 3.8) is 0 Å². The third-order valence-corrected chi connectivity index (χ3v) is 4.81. The Morgan fingerprint density at radius 2 is 1.95 bits per heavy atom. The number of morpholine rings is 1. The van der Waals surface area contributed by atoms with Gasteiger partial charge in [-0.3, -0.25) is 4.79 Å². The molecule has 1 aliphatic carbocycles. The average Bonchev–Trinajstić information content (AvgIpc) is 2.63. The van der Waals surface area contributed by atoms with Crippen molar-refractivity contribution < 1.29 is 9.53 Å². The molecular formula is C16H30N2O2. The summed E-state index contributed by atoms with van der Waals surface area (Å²) in [6.45, 7) is 6.03. The highest BCUT2D eigenvalue weighted by molar-refractivity contribution is 5.85. The van der Waals surface area contributed by atoms with E-state index in [-0.39, 0.29) is 11.5 Å². The van der Waals surface area contributed by atoms with E-state index in [4.69, 9.17) is 10.5 Å². The number of carbonyl (C=O) groups is 1. The molecule has 0 aromatic heterocycles. The van der Waals surface area contributed by atoms with Crippen LogP contribution in [-0.2, 0) is 9.53 Å². The molecule has 116 valence electrons. The Labute approximate surface area is 123 Å². The largest absolute Gasteiger partial charge is 0.371 e. The first-order valence-corrected chi connectivity index (χ1v) is 8.21. The van der Waals surface area contributed by atoms with Gasteiger partial charge in [-0.2, -0.15) is 0 Å². The number of rotatable bonds is 3. The van der Waals surface area contributed by atoms with Crippen LogP contribution in [0.15, 0.2) is 0 Å². The Morgan fingerprint density at radius 1 is 1.30 bits per heavy atom. The van der Waals surface area contributed by atoms with Crippen molar-refractivity contribution in [3.8, 4) is 0 Å². The third kappa shape index (κ3) is 3.53. The highest BCUT2D eigenvalue weighted by Gasteiger charge is 2.41. The van der Waals surface area contributed by atoms with Gasteiger partial charge in [-0.25, -0.2) is 0 Å². The maximum absolute atomic E-state index is 12.7. The van der Waals surface area contributed by atoms with Crippen molar-refractivity contribution in [2.24, 2.45) is 5.73 Å². The van der Waals surface area contributed by atoms with Crippen LogP contribution in [0.25, 0.3) is 0 Å². The lowest BCUT2D eigenvalue weighted by Gasteiger charge is -2.44. The van der Waals surface area contributed by atoms with E-state index in [1.54, 1.807) is 0 Å². The van der Waals surface area contributed by atoms with Gasteiger partial charge < -0.3 is 15.4 Å². The van der Waals surface area contributed by atoms with Crippen LogP contribution >= 0.6 is 0 Å². The van der Waals surface area contributed by atoms with Gasteiger partial charge in [0, 0.05) is 13.1 Å². The first-order chi connectivity index (χ1) is 9.49. The summed E-state index contributed by atoms with van der Waals surface area (Å²) in [7, 11) is 0. The van der Waals surface area contributed by atoms with E-state index < -0.39 is 5.54 Å². The summed E-state index contributed by atoms with van der Waals surface area (Å²) >= 11 is 0. The maximum atomic E-state index is 12.7. The first-order valence-electron chi connectivity index (χ1n) is 8.21. The molecule has 2 aliphatic rings. The van der Waals surface area contributed by atoms with E-state index in [1.165, 1.54) is 25.7 Å². The fourth-order valence-corrected chi connectivity index (χ4v) is 3.68. The Hall–Kier alpha value is -0.610. The molecule has 1 aliphatic heterocycles. The summed E-state index contributed by atoms with van der Waals surface area (Å²) in [6, 6.07) is 0. The molecule has 1 heterocycles. The molecule has 2 N–H and O–H groups in total. The smallest absolute Gasteiger partial charge is 0.242 e. The Bertz CT molecular complexity index is 333. The molecule has 1 unspecified atom stereocenters. The molecule has 1 amide bonds. The second kappa shape index (κ2) is 6.44. The lowest BCUT2D eigenvalue weighted by Crippen LogP contribution is -2.60. The maximum Gasteiger partial charge on any atom is 0.242 e. The van der Waals surface area contributed by atoms with Gasteiger partial charge in [-0.15, -0.1) is 0 Å². The molecule has 2 fully saturated rings. The van der Waals surface area contributed by atoms with Crippen LogP contribution in [0.4, 0.5) is 0 Å². The van der Waals surface area contributed by atoms with Crippen LogP contribution in [-0.4, -0.2) is 41.6 Å². The summed E-state index contributed by atoms with van der Waals surface area (Å²) in [5, 5.41) is 0. The van der Waals surface area contributed by atoms with Gasteiger partial charge in [0.25, 0.3) is 0 Å². The fourth-order valence-electron chi connectivity index (χ4n) is 3.68. The SMILES string of the molecule is CCCC(C)(N)C(=O)N1CCOC2(CCCCCC2)C1. The molecule has 4 heteroatoms. The Kier molecular flexibility index (Phi) is 5.08. The van der Waals surface area contributed by atoms with E-state index in [0.717, 1.165) is 32.2 Å². The number of amides is 1. The summed E-state index contributed by atoms with van der Waals surface area (Å²) in [6.07, 6.45) is 8.89. The van der Waals surface area contributed by atoms with E-state index in [0.29, 0.717) is 13.2 Å². The molecule has 1 spiro atoms. The van der Waals surface area contributed by atoms with Crippen LogP contribution in [0.1, 0.15) is 65.2 Å². The van der Waals surface area contributed by atoms with E-state index in [2.05, 4.69) is 6.92 Å². The third-order valence-electron chi connectivity index (χ3n) is 4.81. The van der Waals surface area contributed by atoms with Gasteiger partial charge >= 0.3 is 0 Å². The molecule has 2 rings (SSSR count). The van der Waals surface area contributed by atoms with Crippen molar-refractivity contribution in [3.05, 3.63) is 0 Å². The highest BCUT2D eigenvalue weighted by Crippen LogP contribution is 2.34. The molecule has 1 saturated heterocycles. The highest BCUT2D eigenvalue weighted by atomic mass is 16.5. The average molecular weight is 282 g/mol. The summed E-state index contributed by atoms with van der Waals surface area (Å²) in [4.78, 5) is 14.6. The molecule has 4 nitrogen and oxygen atoms in total. The zero-order valence-electron chi connectivity index (χ0n) is 13.1. The topological polar surface area (TPSA) is 55.6 Å². The van der Waals surface area contributed by atoms with E-state index >= 15 is 0 Å². The summed E-state index contributed by atoms with van der Waals surface area (Å²) < 4.78 is 6.10. The molecule has 0 bridgehead atoms. The van der Waals surface area contributed by atoms with Crippen LogP contribution in [0.2, 0.25) is 0 Å². The molecular weight excluding hydrogens is 252 g/mol. The minimum absolute atomic E-state index is 0.0906. The lowest BCUT2D eigenvalue weighted by atomic mass is 9.90. The Morgan fingerprint density at radius 3 is 2.55 bits per heavy atom. The standard InChI is InChI=1S/C16H30N2O2/c1-3-8-15(2,17)14(19)18-11-12-20-16(13-18)9-6-4-5-7-10-16/h3-13,17H2,1-2H3. The van der Waals surface area contributed by atoms with Crippen molar-refractivity contribution in [2.45, 2.75) is 76.4 Å².